The monoisotopic (exact) mass is 193 g/mol. The Bertz CT molecular complexity index is 223. The number of hydrogen-bond acceptors (Lipinski definition) is 3. The van der Waals surface area contributed by atoms with Crippen molar-refractivity contribution >= 4 is 10.1 Å². The van der Waals surface area contributed by atoms with Gasteiger partial charge in [0.1, 0.15) is 0 Å². The van der Waals surface area contributed by atoms with Gasteiger partial charge >= 0.3 is 0 Å². The Morgan fingerprint density at radius 1 is 1.33 bits per heavy atom. The van der Waals surface area contributed by atoms with Gasteiger partial charge in [-0.15, -0.1) is 0 Å². The lowest BCUT2D eigenvalue weighted by Crippen LogP contribution is -2.19. The van der Waals surface area contributed by atoms with Crippen molar-refractivity contribution in [3.05, 3.63) is 0 Å². The zero-order chi connectivity index (χ0) is 9.99. The first-order valence-electron chi connectivity index (χ1n) is 4.07. The summed E-state index contributed by atoms with van der Waals surface area (Å²) in [5.74, 6) is 0. The van der Waals surface area contributed by atoms with Crippen LogP contribution in [-0.4, -0.2) is 18.2 Å². The van der Waals surface area contributed by atoms with E-state index in [9.17, 15) is 13.0 Å². The van der Waals surface area contributed by atoms with Crippen LogP contribution in [0.25, 0.3) is 0 Å². The van der Waals surface area contributed by atoms with E-state index in [4.69, 9.17) is 0 Å². The molecule has 0 aromatic carbocycles. The Kier molecular flexibility index (Phi) is 3.72. The number of rotatable bonds is 3. The Morgan fingerprint density at radius 2 is 1.75 bits per heavy atom. The maximum absolute atomic E-state index is 10.5. The summed E-state index contributed by atoms with van der Waals surface area (Å²) in [4.78, 5) is 0. The summed E-state index contributed by atoms with van der Waals surface area (Å²) in [5, 5.41) is -0.753. The molecule has 0 N–H and O–H groups in total. The predicted octanol–water partition coefficient (Wildman–Crippen LogP) is 1.75. The van der Waals surface area contributed by atoms with E-state index in [1.807, 2.05) is 20.8 Å². The average molecular weight is 193 g/mol. The van der Waals surface area contributed by atoms with Crippen LogP contribution in [0, 0.1) is 5.41 Å². The molecule has 12 heavy (non-hydrogen) atoms. The molecule has 0 bridgehead atoms. The highest BCUT2D eigenvalue weighted by atomic mass is 32.2. The molecule has 0 saturated carbocycles. The maximum atomic E-state index is 10.5. The molecule has 4 heteroatoms. The van der Waals surface area contributed by atoms with Gasteiger partial charge in [-0.3, -0.25) is 0 Å². The van der Waals surface area contributed by atoms with E-state index in [0.717, 1.165) is 6.42 Å². The SMILES string of the molecule is CC(CCC(C)(C)C)S(=O)(=O)[O-]. The third-order valence-electron chi connectivity index (χ3n) is 1.79. The molecule has 0 saturated heterocycles. The molecule has 0 aromatic rings. The minimum absolute atomic E-state index is 0.0962. The summed E-state index contributed by atoms with van der Waals surface area (Å²) in [7, 11) is -4.08. The van der Waals surface area contributed by atoms with E-state index in [1.54, 1.807) is 0 Å². The molecule has 0 amide bonds. The topological polar surface area (TPSA) is 57.2 Å². The molecule has 0 aliphatic carbocycles. The third kappa shape index (κ3) is 5.55. The van der Waals surface area contributed by atoms with E-state index in [-0.39, 0.29) is 5.41 Å². The lowest BCUT2D eigenvalue weighted by atomic mass is 9.90. The minimum Gasteiger partial charge on any atom is -0.748 e. The van der Waals surface area contributed by atoms with Crippen molar-refractivity contribution in [2.75, 3.05) is 0 Å². The summed E-state index contributed by atoms with van der Waals surface area (Å²) in [6.45, 7) is 7.54. The highest BCUT2D eigenvalue weighted by molar-refractivity contribution is 7.86. The predicted molar refractivity (Wildman–Crippen MR) is 47.8 cm³/mol. The first kappa shape index (κ1) is 11.9. The fourth-order valence-electron chi connectivity index (χ4n) is 0.781. The zero-order valence-corrected chi connectivity index (χ0v) is 8.94. The molecule has 0 rings (SSSR count). The van der Waals surface area contributed by atoms with Crippen LogP contribution in [0.4, 0.5) is 0 Å². The second kappa shape index (κ2) is 3.75. The molecule has 0 aliphatic heterocycles. The van der Waals surface area contributed by atoms with Gasteiger partial charge in [0.25, 0.3) is 0 Å². The fraction of sp³-hybridized carbons (Fsp3) is 1.00. The van der Waals surface area contributed by atoms with E-state index in [1.165, 1.54) is 6.92 Å². The van der Waals surface area contributed by atoms with E-state index in [0.29, 0.717) is 6.42 Å². The Morgan fingerprint density at radius 3 is 2.00 bits per heavy atom. The highest BCUT2D eigenvalue weighted by Crippen LogP contribution is 2.23. The Hall–Kier alpha value is -0.0900. The molecule has 0 aromatic heterocycles. The maximum Gasteiger partial charge on any atom is 0.0972 e. The van der Waals surface area contributed by atoms with Gasteiger partial charge in [0.2, 0.25) is 0 Å². The molecular formula is C8H17O3S-. The molecule has 1 atom stereocenters. The summed E-state index contributed by atoms with van der Waals surface area (Å²) in [6, 6.07) is 0. The third-order valence-corrected chi connectivity index (χ3v) is 3.01. The summed E-state index contributed by atoms with van der Waals surface area (Å²) >= 11 is 0. The van der Waals surface area contributed by atoms with Crippen molar-refractivity contribution < 1.29 is 13.0 Å². The fourth-order valence-corrected chi connectivity index (χ4v) is 1.19. The molecule has 74 valence electrons. The van der Waals surface area contributed by atoms with E-state index < -0.39 is 15.4 Å². The summed E-state index contributed by atoms with van der Waals surface area (Å²) in [5.41, 5.74) is 0.0962. The highest BCUT2D eigenvalue weighted by Gasteiger charge is 2.15. The van der Waals surface area contributed by atoms with Gasteiger partial charge in [-0.1, -0.05) is 20.8 Å². The Balaban J connectivity index is 3.98. The van der Waals surface area contributed by atoms with E-state index in [2.05, 4.69) is 0 Å². The van der Waals surface area contributed by atoms with E-state index >= 15 is 0 Å². The molecule has 0 fully saturated rings. The quantitative estimate of drug-likeness (QED) is 0.641. The average Bonchev–Trinajstić information content (AvgIpc) is 1.78. The van der Waals surface area contributed by atoms with Crippen LogP contribution >= 0.6 is 0 Å². The van der Waals surface area contributed by atoms with Gasteiger partial charge in [-0.25, -0.2) is 8.42 Å². The molecule has 0 spiro atoms. The van der Waals surface area contributed by atoms with Gasteiger partial charge < -0.3 is 4.55 Å². The van der Waals surface area contributed by atoms with Gasteiger partial charge in [0.05, 0.1) is 10.1 Å². The second-order valence-corrected chi connectivity index (χ2v) is 6.19. The van der Waals surface area contributed by atoms with Crippen molar-refractivity contribution in [2.45, 2.75) is 45.8 Å². The summed E-state index contributed by atoms with van der Waals surface area (Å²) < 4.78 is 31.5. The van der Waals surface area contributed by atoms with Crippen molar-refractivity contribution in [3.63, 3.8) is 0 Å². The second-order valence-electron chi connectivity index (χ2n) is 4.40. The molecule has 1 unspecified atom stereocenters. The van der Waals surface area contributed by atoms with Crippen molar-refractivity contribution in [2.24, 2.45) is 5.41 Å². The van der Waals surface area contributed by atoms with Gasteiger partial charge in [0.15, 0.2) is 0 Å². The molecule has 0 radical (unpaired) electrons. The van der Waals surface area contributed by atoms with Crippen LogP contribution in [0.3, 0.4) is 0 Å². The van der Waals surface area contributed by atoms with Crippen LogP contribution in [0.1, 0.15) is 40.5 Å². The van der Waals surface area contributed by atoms with Crippen LogP contribution in [0.2, 0.25) is 0 Å². The number of hydrogen-bond donors (Lipinski definition) is 0. The largest absolute Gasteiger partial charge is 0.748 e. The van der Waals surface area contributed by atoms with Crippen LogP contribution < -0.4 is 0 Å². The normalized spacial score (nSPS) is 16.1. The first-order chi connectivity index (χ1) is 5.13. The summed E-state index contributed by atoms with van der Waals surface area (Å²) in [6.07, 6.45) is 1.21. The molecule has 0 heterocycles. The smallest absolute Gasteiger partial charge is 0.0972 e. The van der Waals surface area contributed by atoms with Gasteiger partial charge in [0, 0.05) is 5.25 Å². The van der Waals surface area contributed by atoms with Crippen molar-refractivity contribution in [1.29, 1.82) is 0 Å². The van der Waals surface area contributed by atoms with Crippen LogP contribution in [-0.2, 0) is 10.1 Å². The minimum atomic E-state index is -4.08. The molecule has 0 aliphatic rings. The standard InChI is InChI=1S/C8H18O3S/c1-7(12(9,10)11)5-6-8(2,3)4/h7H,5-6H2,1-4H3,(H,9,10,11)/p-1. The molecule has 3 nitrogen and oxygen atoms in total. The Labute approximate surface area is 74.9 Å². The van der Waals surface area contributed by atoms with Crippen LogP contribution in [0.15, 0.2) is 0 Å². The zero-order valence-electron chi connectivity index (χ0n) is 8.12. The van der Waals surface area contributed by atoms with Gasteiger partial charge in [-0.05, 0) is 25.2 Å². The lowest BCUT2D eigenvalue weighted by molar-refractivity contribution is 0.357. The molecular weight excluding hydrogens is 176 g/mol. The van der Waals surface area contributed by atoms with Gasteiger partial charge in [-0.2, -0.15) is 0 Å². The van der Waals surface area contributed by atoms with Crippen molar-refractivity contribution in [3.8, 4) is 0 Å². The lowest BCUT2D eigenvalue weighted by Gasteiger charge is -2.22. The van der Waals surface area contributed by atoms with Crippen LogP contribution in [0.5, 0.6) is 0 Å². The van der Waals surface area contributed by atoms with Crippen molar-refractivity contribution in [1.82, 2.24) is 0 Å². The first-order valence-corrected chi connectivity index (χ1v) is 5.55.